The number of pyridine rings is 1. The van der Waals surface area contributed by atoms with Crippen molar-refractivity contribution in [2.75, 3.05) is 12.4 Å². The Hall–Kier alpha value is -3.25. The summed E-state index contributed by atoms with van der Waals surface area (Å²) >= 11 is 6.52. The standard InChI is InChI=1S/C26H27ClN2O4/c1-16-12-25(33-24-11-8-18(13-21(24)27)17-6-4-3-5-7-17)28-15-23(16)29-22-10-9-19(32-2)14-20(22)26(30)31/h8-15,17,29H,3-7H2,1-2H3,(H,30,31). The second kappa shape index (κ2) is 10.1. The number of benzene rings is 2. The number of carboxylic acids is 1. The minimum Gasteiger partial charge on any atom is -0.497 e. The van der Waals surface area contributed by atoms with Crippen molar-refractivity contribution in [2.24, 2.45) is 0 Å². The maximum absolute atomic E-state index is 11.6. The van der Waals surface area contributed by atoms with Gasteiger partial charge in [0, 0.05) is 6.07 Å². The van der Waals surface area contributed by atoms with Crippen LogP contribution in [0.2, 0.25) is 5.02 Å². The van der Waals surface area contributed by atoms with E-state index in [1.54, 1.807) is 24.4 Å². The van der Waals surface area contributed by atoms with Gasteiger partial charge in [-0.3, -0.25) is 0 Å². The van der Waals surface area contributed by atoms with Gasteiger partial charge in [0.05, 0.1) is 35.3 Å². The molecule has 1 heterocycles. The number of aromatic carboxylic acids is 1. The number of nitrogens with zero attached hydrogens (tertiary/aromatic N) is 1. The van der Waals surface area contributed by atoms with E-state index in [0.29, 0.717) is 39.7 Å². The molecular formula is C26H27ClN2O4. The Bertz CT molecular complexity index is 1160. The third kappa shape index (κ3) is 5.40. The van der Waals surface area contributed by atoms with E-state index in [1.165, 1.54) is 50.8 Å². The van der Waals surface area contributed by atoms with Crippen molar-refractivity contribution >= 4 is 28.9 Å². The fraction of sp³-hybridized carbons (Fsp3) is 0.308. The van der Waals surface area contributed by atoms with Crippen LogP contribution in [0, 0.1) is 6.92 Å². The minimum absolute atomic E-state index is 0.110. The molecule has 0 aliphatic heterocycles. The molecule has 1 saturated carbocycles. The number of aromatic nitrogens is 1. The van der Waals surface area contributed by atoms with Gasteiger partial charge in [-0.1, -0.05) is 36.9 Å². The molecule has 3 aromatic rings. The van der Waals surface area contributed by atoms with E-state index in [1.807, 2.05) is 19.1 Å². The molecule has 0 saturated heterocycles. The molecule has 0 bridgehead atoms. The molecule has 2 N–H and O–H groups in total. The van der Waals surface area contributed by atoms with Crippen LogP contribution in [0.25, 0.3) is 0 Å². The van der Waals surface area contributed by atoms with Gasteiger partial charge in [0.2, 0.25) is 5.88 Å². The van der Waals surface area contributed by atoms with Crippen LogP contribution in [-0.4, -0.2) is 23.2 Å². The first-order chi connectivity index (χ1) is 15.9. The number of carbonyl (C=O) groups is 1. The molecule has 2 aromatic carbocycles. The average molecular weight is 467 g/mol. The van der Waals surface area contributed by atoms with Crippen LogP contribution in [0.1, 0.15) is 59.5 Å². The van der Waals surface area contributed by atoms with Gasteiger partial charge >= 0.3 is 5.97 Å². The van der Waals surface area contributed by atoms with E-state index in [9.17, 15) is 9.90 Å². The van der Waals surface area contributed by atoms with Crippen LogP contribution >= 0.6 is 11.6 Å². The molecule has 6 nitrogen and oxygen atoms in total. The topological polar surface area (TPSA) is 80.7 Å². The van der Waals surface area contributed by atoms with E-state index in [4.69, 9.17) is 21.1 Å². The maximum Gasteiger partial charge on any atom is 0.337 e. The highest BCUT2D eigenvalue weighted by atomic mass is 35.5. The first-order valence-corrected chi connectivity index (χ1v) is 11.4. The van der Waals surface area contributed by atoms with Crippen molar-refractivity contribution in [1.82, 2.24) is 4.98 Å². The van der Waals surface area contributed by atoms with E-state index in [2.05, 4.69) is 16.4 Å². The number of carboxylic acid groups (broad SMARTS) is 1. The fourth-order valence-corrected chi connectivity index (χ4v) is 4.43. The number of nitrogens with one attached hydrogen (secondary N) is 1. The summed E-state index contributed by atoms with van der Waals surface area (Å²) in [4.78, 5) is 16.0. The van der Waals surface area contributed by atoms with Gasteiger partial charge < -0.3 is 19.9 Å². The number of hydrogen-bond acceptors (Lipinski definition) is 5. The average Bonchev–Trinajstić information content (AvgIpc) is 2.82. The van der Waals surface area contributed by atoms with Crippen molar-refractivity contribution < 1.29 is 19.4 Å². The molecular weight excluding hydrogens is 440 g/mol. The number of hydrogen-bond donors (Lipinski definition) is 2. The lowest BCUT2D eigenvalue weighted by Gasteiger charge is -2.22. The number of ether oxygens (including phenoxy) is 2. The van der Waals surface area contributed by atoms with Crippen molar-refractivity contribution in [1.29, 1.82) is 0 Å². The molecule has 0 amide bonds. The summed E-state index contributed by atoms with van der Waals surface area (Å²) in [6, 6.07) is 12.6. The summed E-state index contributed by atoms with van der Waals surface area (Å²) in [7, 11) is 1.50. The Kier molecular flexibility index (Phi) is 7.04. The summed E-state index contributed by atoms with van der Waals surface area (Å²) < 4.78 is 11.1. The molecule has 1 aliphatic carbocycles. The Morgan fingerprint density at radius 3 is 2.55 bits per heavy atom. The number of rotatable bonds is 7. The van der Waals surface area contributed by atoms with Crippen molar-refractivity contribution in [3.05, 3.63) is 70.4 Å². The molecule has 172 valence electrons. The molecule has 0 unspecified atom stereocenters. The third-order valence-electron chi connectivity index (χ3n) is 6.06. The molecule has 1 aromatic heterocycles. The largest absolute Gasteiger partial charge is 0.497 e. The zero-order valence-electron chi connectivity index (χ0n) is 18.7. The molecule has 0 spiro atoms. The Labute approximate surface area is 198 Å². The van der Waals surface area contributed by atoms with Gasteiger partial charge in [-0.15, -0.1) is 0 Å². The molecule has 33 heavy (non-hydrogen) atoms. The second-order valence-electron chi connectivity index (χ2n) is 8.31. The predicted molar refractivity (Wildman–Crippen MR) is 130 cm³/mol. The molecule has 0 radical (unpaired) electrons. The maximum atomic E-state index is 11.6. The number of methoxy groups -OCH3 is 1. The summed E-state index contributed by atoms with van der Waals surface area (Å²) in [5.74, 6) is 0.978. The van der Waals surface area contributed by atoms with Crippen LogP contribution < -0.4 is 14.8 Å². The molecule has 1 aliphatic rings. The minimum atomic E-state index is -1.05. The number of halogens is 1. The van der Waals surface area contributed by atoms with Gasteiger partial charge in [-0.05, 0) is 67.1 Å². The van der Waals surface area contributed by atoms with Crippen LogP contribution in [0.3, 0.4) is 0 Å². The lowest BCUT2D eigenvalue weighted by Crippen LogP contribution is -2.05. The Balaban J connectivity index is 1.50. The zero-order valence-corrected chi connectivity index (χ0v) is 19.5. The molecule has 4 rings (SSSR count). The van der Waals surface area contributed by atoms with E-state index in [-0.39, 0.29) is 5.56 Å². The lowest BCUT2D eigenvalue weighted by molar-refractivity contribution is 0.0697. The quantitative estimate of drug-likeness (QED) is 0.379. The highest BCUT2D eigenvalue weighted by molar-refractivity contribution is 6.32. The summed E-state index contributed by atoms with van der Waals surface area (Å²) in [5, 5.41) is 13.2. The monoisotopic (exact) mass is 466 g/mol. The zero-order chi connectivity index (χ0) is 23.4. The predicted octanol–water partition coefficient (Wildman–Crippen LogP) is 7.33. The number of anilines is 2. The highest BCUT2D eigenvalue weighted by Gasteiger charge is 2.17. The first-order valence-electron chi connectivity index (χ1n) is 11.1. The molecule has 7 heteroatoms. The summed E-state index contributed by atoms with van der Waals surface area (Å²) in [6.45, 7) is 1.90. The summed E-state index contributed by atoms with van der Waals surface area (Å²) in [5.41, 5.74) is 3.35. The van der Waals surface area contributed by atoms with E-state index >= 15 is 0 Å². The first kappa shape index (κ1) is 22.9. The van der Waals surface area contributed by atoms with Crippen LogP contribution in [0.5, 0.6) is 17.4 Å². The third-order valence-corrected chi connectivity index (χ3v) is 6.35. The fourth-order valence-electron chi connectivity index (χ4n) is 4.20. The van der Waals surface area contributed by atoms with Crippen molar-refractivity contribution in [2.45, 2.75) is 44.9 Å². The van der Waals surface area contributed by atoms with Crippen LogP contribution in [-0.2, 0) is 0 Å². The van der Waals surface area contributed by atoms with Gasteiger partial charge in [-0.2, -0.15) is 0 Å². The molecule has 1 fully saturated rings. The normalized spacial score (nSPS) is 14.0. The second-order valence-corrected chi connectivity index (χ2v) is 8.71. The smallest absolute Gasteiger partial charge is 0.337 e. The van der Waals surface area contributed by atoms with Crippen molar-refractivity contribution in [3.8, 4) is 17.4 Å². The highest BCUT2D eigenvalue weighted by Crippen LogP contribution is 2.37. The van der Waals surface area contributed by atoms with Crippen LogP contribution in [0.15, 0.2) is 48.7 Å². The lowest BCUT2D eigenvalue weighted by atomic mass is 9.84. The van der Waals surface area contributed by atoms with E-state index < -0.39 is 5.97 Å². The Morgan fingerprint density at radius 1 is 1.09 bits per heavy atom. The van der Waals surface area contributed by atoms with Crippen LogP contribution in [0.4, 0.5) is 11.4 Å². The number of aryl methyl sites for hydroxylation is 1. The van der Waals surface area contributed by atoms with Gasteiger partial charge in [0.25, 0.3) is 0 Å². The van der Waals surface area contributed by atoms with Gasteiger partial charge in [0.1, 0.15) is 11.5 Å². The summed E-state index contributed by atoms with van der Waals surface area (Å²) in [6.07, 6.45) is 7.90. The van der Waals surface area contributed by atoms with E-state index in [0.717, 1.165) is 5.56 Å². The Morgan fingerprint density at radius 2 is 1.88 bits per heavy atom. The van der Waals surface area contributed by atoms with Crippen molar-refractivity contribution in [3.63, 3.8) is 0 Å². The SMILES string of the molecule is COc1ccc(Nc2cnc(Oc3ccc(C4CCCCC4)cc3Cl)cc2C)c(C(=O)O)c1. The van der Waals surface area contributed by atoms with Gasteiger partial charge in [-0.25, -0.2) is 9.78 Å². The van der Waals surface area contributed by atoms with Gasteiger partial charge in [0.15, 0.2) is 0 Å². The molecule has 0 atom stereocenters.